The van der Waals surface area contributed by atoms with E-state index >= 15 is 0 Å². The summed E-state index contributed by atoms with van der Waals surface area (Å²) in [5.74, 6) is 1.54. The summed E-state index contributed by atoms with van der Waals surface area (Å²) in [6.45, 7) is 3.86. The molecule has 2 heterocycles. The van der Waals surface area contributed by atoms with E-state index in [-0.39, 0.29) is 0 Å². The van der Waals surface area contributed by atoms with Gasteiger partial charge in [0.25, 0.3) is 0 Å². The van der Waals surface area contributed by atoms with Crippen LogP contribution in [0.3, 0.4) is 0 Å². The maximum absolute atomic E-state index is 5.09. The van der Waals surface area contributed by atoms with Crippen LogP contribution >= 0.6 is 0 Å². The van der Waals surface area contributed by atoms with Crippen molar-refractivity contribution in [2.75, 3.05) is 12.4 Å². The van der Waals surface area contributed by atoms with E-state index in [9.17, 15) is 0 Å². The first kappa shape index (κ1) is 15.3. The third-order valence-electron chi connectivity index (χ3n) is 3.85. The van der Waals surface area contributed by atoms with Gasteiger partial charge in [-0.2, -0.15) is 0 Å². The molecule has 0 aliphatic rings. The summed E-state index contributed by atoms with van der Waals surface area (Å²) in [6, 6.07) is 12.1. The fraction of sp³-hybridized carbons (Fsp3) is 0.333. The Balaban J connectivity index is 1.80. The number of nitrogens with one attached hydrogen (secondary N) is 1. The van der Waals surface area contributed by atoms with Crippen molar-refractivity contribution < 1.29 is 4.74 Å². The molecule has 0 bridgehead atoms. The molecule has 0 unspecified atom stereocenters. The zero-order valence-electron chi connectivity index (χ0n) is 13.6. The van der Waals surface area contributed by atoms with E-state index in [4.69, 9.17) is 9.72 Å². The van der Waals surface area contributed by atoms with Gasteiger partial charge in [0, 0.05) is 25.4 Å². The van der Waals surface area contributed by atoms with E-state index in [1.165, 1.54) is 5.52 Å². The van der Waals surface area contributed by atoms with Crippen molar-refractivity contribution in [1.29, 1.82) is 0 Å². The fourth-order valence-electron chi connectivity index (χ4n) is 2.57. The number of hydrogen-bond donors (Lipinski definition) is 1. The van der Waals surface area contributed by atoms with Gasteiger partial charge in [-0.15, -0.1) is 0 Å². The van der Waals surface area contributed by atoms with Crippen LogP contribution in [-0.4, -0.2) is 21.6 Å². The maximum Gasteiger partial charge on any atom is 0.212 e. The Morgan fingerprint density at radius 1 is 1.17 bits per heavy atom. The molecule has 5 nitrogen and oxygen atoms in total. The number of aromatic nitrogens is 3. The van der Waals surface area contributed by atoms with Crippen LogP contribution in [0.4, 0.5) is 5.95 Å². The van der Waals surface area contributed by atoms with Crippen LogP contribution < -0.4 is 10.1 Å². The summed E-state index contributed by atoms with van der Waals surface area (Å²) in [5, 5.41) is 3.44. The average Bonchev–Trinajstić information content (AvgIpc) is 2.96. The third kappa shape index (κ3) is 3.44. The molecule has 1 N–H and O–H groups in total. The van der Waals surface area contributed by atoms with Crippen molar-refractivity contribution in [2.24, 2.45) is 0 Å². The van der Waals surface area contributed by atoms with Crippen molar-refractivity contribution in [3.63, 3.8) is 0 Å². The lowest BCUT2D eigenvalue weighted by Gasteiger charge is -2.10. The first-order chi connectivity index (χ1) is 11.3. The Bertz CT molecular complexity index is 764. The summed E-state index contributed by atoms with van der Waals surface area (Å²) in [4.78, 5) is 8.96. The minimum absolute atomic E-state index is 0.629. The van der Waals surface area contributed by atoms with Gasteiger partial charge in [0.1, 0.15) is 0 Å². The van der Waals surface area contributed by atoms with Crippen LogP contribution in [0, 0.1) is 0 Å². The second-order valence-corrected chi connectivity index (χ2v) is 5.49. The van der Waals surface area contributed by atoms with Crippen LogP contribution in [0.5, 0.6) is 5.88 Å². The maximum atomic E-state index is 5.09. The van der Waals surface area contributed by atoms with E-state index in [1.54, 1.807) is 7.11 Å². The molecule has 0 fully saturated rings. The van der Waals surface area contributed by atoms with Crippen LogP contribution in [0.15, 0.2) is 42.6 Å². The number of nitrogens with zero attached hydrogens (tertiary/aromatic N) is 3. The predicted molar refractivity (Wildman–Crippen MR) is 92.8 cm³/mol. The second kappa shape index (κ2) is 7.13. The molecule has 0 aliphatic carbocycles. The van der Waals surface area contributed by atoms with Crippen molar-refractivity contribution in [3.8, 4) is 5.88 Å². The van der Waals surface area contributed by atoms with E-state index < -0.39 is 0 Å². The first-order valence-electron chi connectivity index (χ1n) is 8.00. The quantitative estimate of drug-likeness (QED) is 0.720. The van der Waals surface area contributed by atoms with Crippen LogP contribution in [0.25, 0.3) is 11.0 Å². The number of benzene rings is 1. The molecule has 0 saturated heterocycles. The van der Waals surface area contributed by atoms with E-state index in [1.807, 2.05) is 24.4 Å². The monoisotopic (exact) mass is 310 g/mol. The lowest BCUT2D eigenvalue weighted by Crippen LogP contribution is -2.08. The molecule has 5 heteroatoms. The number of methoxy groups -OCH3 is 1. The van der Waals surface area contributed by atoms with Gasteiger partial charge >= 0.3 is 0 Å². The number of rotatable bonds is 7. The molecule has 1 aromatic carbocycles. The van der Waals surface area contributed by atoms with Gasteiger partial charge in [0.15, 0.2) is 0 Å². The summed E-state index contributed by atoms with van der Waals surface area (Å²) in [5.41, 5.74) is 3.30. The molecule has 0 amide bonds. The van der Waals surface area contributed by atoms with Crippen molar-refractivity contribution >= 4 is 17.0 Å². The molecular formula is C18H22N4O. The standard InChI is InChI=1S/C18H22N4O/c1-3-4-11-22-16-8-6-5-7-15(16)21-18(22)20-13-14-9-10-17(23-2)19-12-14/h5-10,12H,3-4,11,13H2,1-2H3,(H,20,21). The highest BCUT2D eigenvalue weighted by Crippen LogP contribution is 2.21. The molecule has 120 valence electrons. The summed E-state index contributed by atoms with van der Waals surface area (Å²) in [6.07, 6.45) is 4.12. The number of anilines is 1. The number of pyridine rings is 1. The lowest BCUT2D eigenvalue weighted by molar-refractivity contribution is 0.397. The highest BCUT2D eigenvalue weighted by atomic mass is 16.5. The molecule has 0 atom stereocenters. The number of hydrogen-bond acceptors (Lipinski definition) is 4. The molecule has 0 aliphatic heterocycles. The molecular weight excluding hydrogens is 288 g/mol. The Kier molecular flexibility index (Phi) is 4.76. The van der Waals surface area contributed by atoms with Gasteiger partial charge in [-0.1, -0.05) is 31.5 Å². The van der Waals surface area contributed by atoms with Crippen LogP contribution in [0.2, 0.25) is 0 Å². The molecule has 0 saturated carbocycles. The van der Waals surface area contributed by atoms with Gasteiger partial charge in [0.05, 0.1) is 18.1 Å². The van der Waals surface area contributed by atoms with Crippen LogP contribution in [-0.2, 0) is 13.1 Å². The summed E-state index contributed by atoms with van der Waals surface area (Å²) in [7, 11) is 1.62. The highest BCUT2D eigenvalue weighted by Gasteiger charge is 2.09. The molecule has 3 aromatic rings. The van der Waals surface area contributed by atoms with E-state index in [0.717, 1.165) is 36.4 Å². The molecule has 23 heavy (non-hydrogen) atoms. The van der Waals surface area contributed by atoms with Crippen molar-refractivity contribution in [3.05, 3.63) is 48.2 Å². The Labute approximate surface area is 136 Å². The van der Waals surface area contributed by atoms with E-state index in [2.05, 4.69) is 40.0 Å². The molecule has 3 rings (SSSR count). The fourth-order valence-corrected chi connectivity index (χ4v) is 2.57. The second-order valence-electron chi connectivity index (χ2n) is 5.49. The Morgan fingerprint density at radius 3 is 2.78 bits per heavy atom. The zero-order chi connectivity index (χ0) is 16.1. The normalized spacial score (nSPS) is 10.9. The number of imidazole rings is 1. The third-order valence-corrected chi connectivity index (χ3v) is 3.85. The minimum Gasteiger partial charge on any atom is -0.481 e. The largest absolute Gasteiger partial charge is 0.481 e. The summed E-state index contributed by atoms with van der Waals surface area (Å²) < 4.78 is 7.35. The molecule has 0 spiro atoms. The van der Waals surface area contributed by atoms with Crippen molar-refractivity contribution in [2.45, 2.75) is 32.9 Å². The van der Waals surface area contributed by atoms with Gasteiger partial charge < -0.3 is 14.6 Å². The number of ether oxygens (including phenoxy) is 1. The molecule has 0 radical (unpaired) electrons. The zero-order valence-corrected chi connectivity index (χ0v) is 13.6. The Morgan fingerprint density at radius 2 is 2.04 bits per heavy atom. The topological polar surface area (TPSA) is 52.0 Å². The smallest absolute Gasteiger partial charge is 0.212 e. The average molecular weight is 310 g/mol. The van der Waals surface area contributed by atoms with Gasteiger partial charge in [-0.25, -0.2) is 9.97 Å². The SMILES string of the molecule is CCCCn1c(NCc2ccc(OC)nc2)nc2ccccc21. The number of fused-ring (bicyclic) bond motifs is 1. The van der Waals surface area contributed by atoms with E-state index in [0.29, 0.717) is 12.4 Å². The van der Waals surface area contributed by atoms with Crippen molar-refractivity contribution in [1.82, 2.24) is 14.5 Å². The highest BCUT2D eigenvalue weighted by molar-refractivity contribution is 5.78. The Hall–Kier alpha value is -2.56. The van der Waals surface area contributed by atoms with Gasteiger partial charge in [-0.05, 0) is 24.1 Å². The van der Waals surface area contributed by atoms with Gasteiger partial charge in [0.2, 0.25) is 11.8 Å². The first-order valence-corrected chi connectivity index (χ1v) is 8.00. The summed E-state index contributed by atoms with van der Waals surface area (Å²) >= 11 is 0. The van der Waals surface area contributed by atoms with Gasteiger partial charge in [-0.3, -0.25) is 0 Å². The minimum atomic E-state index is 0.629. The number of aryl methyl sites for hydroxylation is 1. The number of para-hydroxylation sites is 2. The van der Waals surface area contributed by atoms with Crippen LogP contribution in [0.1, 0.15) is 25.3 Å². The lowest BCUT2D eigenvalue weighted by atomic mass is 10.3. The molecule has 2 aromatic heterocycles. The number of unbranched alkanes of at least 4 members (excludes halogenated alkanes) is 1. The predicted octanol–water partition coefficient (Wildman–Crippen LogP) is 3.85.